The third-order valence-corrected chi connectivity index (χ3v) is 8.14. The molecule has 4 N–H and O–H groups in total. The summed E-state index contributed by atoms with van der Waals surface area (Å²) in [5, 5.41) is 9.58. The zero-order chi connectivity index (χ0) is 28.9. The van der Waals surface area contributed by atoms with Crippen molar-refractivity contribution in [1.29, 1.82) is 0 Å². The first kappa shape index (κ1) is 27.9. The maximum atomic E-state index is 12.6. The lowest BCUT2D eigenvalue weighted by molar-refractivity contribution is -0.115. The summed E-state index contributed by atoms with van der Waals surface area (Å²) >= 11 is 2.88. The maximum absolute atomic E-state index is 12.6. The number of ether oxygens (including phenoxy) is 3. The normalized spacial score (nSPS) is 10.7. The van der Waals surface area contributed by atoms with Crippen molar-refractivity contribution in [2.45, 2.75) is 13.3 Å². The molecule has 0 unspecified atom stereocenters. The van der Waals surface area contributed by atoms with Crippen molar-refractivity contribution in [3.63, 3.8) is 0 Å². The van der Waals surface area contributed by atoms with E-state index in [2.05, 4.69) is 15.6 Å². The molecular formula is C30H29N5O4S2. The first-order valence-electron chi connectivity index (χ1n) is 12.6. The van der Waals surface area contributed by atoms with Gasteiger partial charge in [-0.25, -0.2) is 9.97 Å². The number of nitrogens with two attached hydrogens (primary N) is 1. The van der Waals surface area contributed by atoms with Gasteiger partial charge >= 0.3 is 0 Å². The van der Waals surface area contributed by atoms with Crippen LogP contribution in [0.1, 0.15) is 11.1 Å². The monoisotopic (exact) mass is 587 g/mol. The number of benzene rings is 3. The summed E-state index contributed by atoms with van der Waals surface area (Å²) in [4.78, 5) is 22.7. The first-order valence-corrected chi connectivity index (χ1v) is 14.3. The van der Waals surface area contributed by atoms with E-state index in [1.807, 2.05) is 60.8 Å². The van der Waals surface area contributed by atoms with Gasteiger partial charge in [0.25, 0.3) is 0 Å². The summed E-state index contributed by atoms with van der Waals surface area (Å²) in [5.74, 6) is 1.86. The lowest BCUT2D eigenvalue weighted by Gasteiger charge is -2.14. The summed E-state index contributed by atoms with van der Waals surface area (Å²) in [6.07, 6.45) is 0.309. The van der Waals surface area contributed by atoms with Gasteiger partial charge in [-0.2, -0.15) is 0 Å². The average Bonchev–Trinajstić information content (AvgIpc) is 3.59. The molecule has 0 atom stereocenters. The summed E-state index contributed by atoms with van der Waals surface area (Å²) in [7, 11) is 4.69. The highest BCUT2D eigenvalue weighted by atomic mass is 32.1. The van der Waals surface area contributed by atoms with Crippen LogP contribution in [0.15, 0.2) is 66.0 Å². The minimum absolute atomic E-state index is 0.0729. The SMILES string of the molecule is COc1cc(Nc2nc(N)c(-c3nc(-c4cccc(NC(=O)Cc5cccc(C)c5)c4)cs3)s2)cc(OC)c1OC. The van der Waals surface area contributed by atoms with Gasteiger partial charge in [0.2, 0.25) is 11.7 Å². The molecule has 0 spiro atoms. The molecular weight excluding hydrogens is 558 g/mol. The molecule has 0 radical (unpaired) electrons. The number of carbonyl (C=O) groups is 1. The lowest BCUT2D eigenvalue weighted by Crippen LogP contribution is -2.14. The van der Waals surface area contributed by atoms with Crippen LogP contribution in [0.5, 0.6) is 17.2 Å². The van der Waals surface area contributed by atoms with Crippen molar-refractivity contribution < 1.29 is 19.0 Å². The Morgan fingerprint density at radius 1 is 0.927 bits per heavy atom. The number of nitrogens with one attached hydrogen (secondary N) is 2. The zero-order valence-electron chi connectivity index (χ0n) is 23.0. The molecule has 210 valence electrons. The molecule has 5 rings (SSSR count). The number of hydrogen-bond donors (Lipinski definition) is 3. The van der Waals surface area contributed by atoms with Crippen molar-refractivity contribution in [1.82, 2.24) is 9.97 Å². The minimum Gasteiger partial charge on any atom is -0.493 e. The molecule has 0 aliphatic rings. The molecule has 1 amide bonds. The van der Waals surface area contributed by atoms with Crippen molar-refractivity contribution >= 4 is 50.9 Å². The molecule has 5 aromatic rings. The Morgan fingerprint density at radius 3 is 2.39 bits per heavy atom. The second-order valence-corrected chi connectivity index (χ2v) is 11.0. The number of amides is 1. The van der Waals surface area contributed by atoms with E-state index in [1.54, 1.807) is 33.5 Å². The number of methoxy groups -OCH3 is 3. The molecule has 0 aliphatic carbocycles. The van der Waals surface area contributed by atoms with Crippen molar-refractivity contribution in [3.8, 4) is 38.4 Å². The Kier molecular flexibility index (Phi) is 8.37. The molecule has 2 aromatic heterocycles. The van der Waals surface area contributed by atoms with E-state index in [9.17, 15) is 4.79 Å². The van der Waals surface area contributed by atoms with Gasteiger partial charge in [-0.15, -0.1) is 11.3 Å². The van der Waals surface area contributed by atoms with Crippen molar-refractivity contribution in [3.05, 3.63) is 77.2 Å². The smallest absolute Gasteiger partial charge is 0.228 e. The number of rotatable bonds is 10. The van der Waals surface area contributed by atoms with E-state index in [0.717, 1.165) is 32.3 Å². The zero-order valence-corrected chi connectivity index (χ0v) is 24.6. The fourth-order valence-corrected chi connectivity index (χ4v) is 6.13. The quantitative estimate of drug-likeness (QED) is 0.164. The summed E-state index contributed by atoms with van der Waals surface area (Å²) in [6.45, 7) is 2.01. The van der Waals surface area contributed by atoms with E-state index < -0.39 is 0 Å². The fourth-order valence-electron chi connectivity index (χ4n) is 4.29. The molecule has 0 bridgehead atoms. The Bertz CT molecular complexity index is 1670. The number of nitrogen functional groups attached to an aromatic ring is 1. The summed E-state index contributed by atoms with van der Waals surface area (Å²) < 4.78 is 16.3. The number of nitrogens with zero attached hydrogens (tertiary/aromatic N) is 2. The van der Waals surface area contributed by atoms with Crippen LogP contribution in [0.2, 0.25) is 0 Å². The van der Waals surface area contributed by atoms with Crippen LogP contribution in [-0.4, -0.2) is 37.2 Å². The van der Waals surface area contributed by atoms with Gasteiger partial charge in [-0.1, -0.05) is 53.3 Å². The van der Waals surface area contributed by atoms with Gasteiger partial charge in [-0.3, -0.25) is 4.79 Å². The molecule has 3 aromatic carbocycles. The Labute approximate surface area is 246 Å². The molecule has 0 saturated heterocycles. The van der Waals surface area contributed by atoms with E-state index in [-0.39, 0.29) is 5.91 Å². The highest BCUT2D eigenvalue weighted by molar-refractivity contribution is 7.23. The maximum Gasteiger partial charge on any atom is 0.228 e. The van der Waals surface area contributed by atoms with Crippen LogP contribution in [-0.2, 0) is 11.2 Å². The third-order valence-electron chi connectivity index (χ3n) is 6.16. The number of hydrogen-bond acceptors (Lipinski definition) is 10. The third kappa shape index (κ3) is 6.42. The number of aromatic nitrogens is 2. The van der Waals surface area contributed by atoms with Gasteiger partial charge in [-0.05, 0) is 24.6 Å². The van der Waals surface area contributed by atoms with Crippen molar-refractivity contribution in [2.24, 2.45) is 0 Å². The van der Waals surface area contributed by atoms with Crippen LogP contribution in [0, 0.1) is 6.92 Å². The first-order chi connectivity index (χ1) is 19.9. The predicted octanol–water partition coefficient (Wildman–Crippen LogP) is 6.77. The molecule has 9 nitrogen and oxygen atoms in total. The Balaban J connectivity index is 1.31. The number of carbonyl (C=O) groups excluding carboxylic acids is 1. The Morgan fingerprint density at radius 2 is 1.68 bits per heavy atom. The molecule has 0 aliphatic heterocycles. The summed E-state index contributed by atoms with van der Waals surface area (Å²) in [6, 6.07) is 19.2. The van der Waals surface area contributed by atoms with E-state index in [1.165, 1.54) is 22.7 Å². The Hall–Kier alpha value is -4.61. The highest BCUT2D eigenvalue weighted by Crippen LogP contribution is 2.43. The molecule has 2 heterocycles. The number of aryl methyl sites for hydroxylation is 1. The van der Waals surface area contributed by atoms with Gasteiger partial charge in [0.15, 0.2) is 16.6 Å². The topological polar surface area (TPSA) is 121 Å². The van der Waals surface area contributed by atoms with Gasteiger partial charge < -0.3 is 30.6 Å². The standard InChI is InChI=1S/C30H29N5O4S2/c1-17-7-5-8-18(11-17)12-25(36)32-20-10-6-9-19(13-20)22-16-40-29(34-22)27-28(31)35-30(41-27)33-21-14-23(37-2)26(39-4)24(15-21)38-3/h5-11,13-16H,12,31H2,1-4H3,(H,32,36)(H,33,35). The van der Waals surface area contributed by atoms with Crippen LogP contribution in [0.25, 0.3) is 21.1 Å². The molecule has 11 heteroatoms. The molecule has 0 fully saturated rings. The van der Waals surface area contributed by atoms with Gasteiger partial charge in [0.05, 0.1) is 33.4 Å². The van der Waals surface area contributed by atoms with Crippen LogP contribution < -0.4 is 30.6 Å². The van der Waals surface area contributed by atoms with E-state index in [4.69, 9.17) is 24.9 Å². The summed E-state index contributed by atoms with van der Waals surface area (Å²) in [5.41, 5.74) is 11.5. The highest BCUT2D eigenvalue weighted by Gasteiger charge is 2.18. The van der Waals surface area contributed by atoms with Crippen molar-refractivity contribution in [2.75, 3.05) is 37.7 Å². The number of anilines is 4. The largest absolute Gasteiger partial charge is 0.493 e. The predicted molar refractivity (Wildman–Crippen MR) is 166 cm³/mol. The lowest BCUT2D eigenvalue weighted by atomic mass is 10.1. The average molecular weight is 588 g/mol. The number of thiazole rings is 2. The fraction of sp³-hybridized carbons (Fsp3) is 0.167. The van der Waals surface area contributed by atoms with Gasteiger partial charge in [0.1, 0.15) is 15.7 Å². The van der Waals surface area contributed by atoms with Crippen LogP contribution in [0.3, 0.4) is 0 Å². The van der Waals surface area contributed by atoms with E-state index >= 15 is 0 Å². The second kappa shape index (κ2) is 12.3. The minimum atomic E-state index is -0.0729. The van der Waals surface area contributed by atoms with Crippen LogP contribution >= 0.6 is 22.7 Å². The molecule has 0 saturated carbocycles. The second-order valence-electron chi connectivity index (χ2n) is 9.11. The van der Waals surface area contributed by atoms with Crippen LogP contribution in [0.4, 0.5) is 22.3 Å². The van der Waals surface area contributed by atoms with E-state index in [0.29, 0.717) is 46.0 Å². The molecule has 41 heavy (non-hydrogen) atoms. The van der Waals surface area contributed by atoms with Gasteiger partial charge in [0, 0.05) is 34.5 Å².